The van der Waals surface area contributed by atoms with Crippen molar-refractivity contribution in [2.75, 3.05) is 13.2 Å². The summed E-state index contributed by atoms with van der Waals surface area (Å²) in [6, 6.07) is 5.75. The van der Waals surface area contributed by atoms with Crippen LogP contribution in [0.2, 0.25) is 0 Å². The minimum atomic E-state index is -0.448. The minimum Gasteiger partial charge on any atom is -0.491 e. The smallest absolute Gasteiger partial charge is 0.326 e. The van der Waals surface area contributed by atoms with Crippen LogP contribution in [0.4, 0.5) is 0 Å². The van der Waals surface area contributed by atoms with Gasteiger partial charge in [0.2, 0.25) is 0 Å². The summed E-state index contributed by atoms with van der Waals surface area (Å²) in [5.74, 6) is 0.507. The molecule has 1 aromatic carbocycles. The van der Waals surface area contributed by atoms with E-state index in [1.165, 1.54) is 0 Å². The van der Waals surface area contributed by atoms with Gasteiger partial charge in [-0.05, 0) is 44.0 Å². The van der Waals surface area contributed by atoms with Crippen LogP contribution in [0.1, 0.15) is 31.9 Å². The number of rotatable bonds is 7. The highest BCUT2D eigenvalue weighted by molar-refractivity contribution is 5.76. The van der Waals surface area contributed by atoms with E-state index in [0.29, 0.717) is 6.61 Å². The van der Waals surface area contributed by atoms with Gasteiger partial charge in [0.1, 0.15) is 18.4 Å². The van der Waals surface area contributed by atoms with Gasteiger partial charge in [-0.2, -0.15) is 0 Å². The number of carbonyl (C=O) groups excluding carboxylic acids is 1. The number of hydrogen-bond donors (Lipinski definition) is 1. The molecule has 112 valence electrons. The van der Waals surface area contributed by atoms with Gasteiger partial charge >= 0.3 is 5.97 Å². The van der Waals surface area contributed by atoms with Crippen LogP contribution in [0, 0.1) is 13.8 Å². The van der Waals surface area contributed by atoms with Gasteiger partial charge in [0.05, 0.1) is 6.61 Å². The van der Waals surface area contributed by atoms with Crippen molar-refractivity contribution >= 4 is 5.97 Å². The molecule has 0 saturated carbocycles. The summed E-state index contributed by atoms with van der Waals surface area (Å²) in [7, 11) is 0. The summed E-state index contributed by atoms with van der Waals surface area (Å²) in [4.78, 5) is 11.9. The lowest BCUT2D eigenvalue weighted by molar-refractivity contribution is -0.146. The van der Waals surface area contributed by atoms with Crippen molar-refractivity contribution in [2.45, 2.75) is 46.7 Å². The van der Waals surface area contributed by atoms with E-state index in [1.54, 1.807) is 6.92 Å². The number of carbonyl (C=O) groups is 1. The highest BCUT2D eigenvalue weighted by Gasteiger charge is 2.21. The van der Waals surface area contributed by atoms with Crippen molar-refractivity contribution in [1.82, 2.24) is 5.32 Å². The zero-order valence-corrected chi connectivity index (χ0v) is 13.0. The fourth-order valence-corrected chi connectivity index (χ4v) is 2.03. The summed E-state index contributed by atoms with van der Waals surface area (Å²) in [5.41, 5.74) is 2.29. The molecule has 0 amide bonds. The van der Waals surface area contributed by atoms with E-state index < -0.39 is 6.04 Å². The molecule has 0 heterocycles. The molecule has 0 spiro atoms. The van der Waals surface area contributed by atoms with Crippen LogP contribution < -0.4 is 10.1 Å². The molecule has 1 rings (SSSR count). The molecule has 0 aliphatic heterocycles. The summed E-state index contributed by atoms with van der Waals surface area (Å²) in [5, 5.41) is 3.16. The Kier molecular flexibility index (Phi) is 6.52. The molecule has 0 aliphatic carbocycles. The Bertz CT molecular complexity index is 423. The van der Waals surface area contributed by atoms with E-state index >= 15 is 0 Å². The summed E-state index contributed by atoms with van der Waals surface area (Å²) in [6.45, 7) is 10.5. The molecule has 0 bridgehead atoms. The van der Waals surface area contributed by atoms with Gasteiger partial charge in [-0.3, -0.25) is 10.1 Å². The fraction of sp³-hybridized carbons (Fsp3) is 0.562. The summed E-state index contributed by atoms with van der Waals surface area (Å²) < 4.78 is 10.8. The van der Waals surface area contributed by atoms with Gasteiger partial charge in [0, 0.05) is 6.04 Å². The average Bonchev–Trinajstić information content (AvgIpc) is 2.33. The van der Waals surface area contributed by atoms with Crippen LogP contribution in [0.5, 0.6) is 5.75 Å². The first-order valence-electron chi connectivity index (χ1n) is 7.06. The van der Waals surface area contributed by atoms with Gasteiger partial charge in [0.25, 0.3) is 0 Å². The molecule has 0 aliphatic rings. The second-order valence-electron chi connectivity index (χ2n) is 5.26. The predicted octanol–water partition coefficient (Wildman–Crippen LogP) is 2.61. The predicted molar refractivity (Wildman–Crippen MR) is 80.1 cm³/mol. The van der Waals surface area contributed by atoms with Crippen LogP contribution in [0.25, 0.3) is 0 Å². The van der Waals surface area contributed by atoms with E-state index in [0.717, 1.165) is 16.9 Å². The molecule has 0 saturated heterocycles. The third-order valence-corrected chi connectivity index (χ3v) is 2.72. The van der Waals surface area contributed by atoms with Crippen molar-refractivity contribution in [1.29, 1.82) is 0 Å². The van der Waals surface area contributed by atoms with Gasteiger partial charge in [-0.15, -0.1) is 0 Å². The zero-order valence-electron chi connectivity index (χ0n) is 13.0. The van der Waals surface area contributed by atoms with Crippen molar-refractivity contribution in [3.8, 4) is 5.75 Å². The Morgan fingerprint density at radius 2 is 1.80 bits per heavy atom. The maximum absolute atomic E-state index is 11.9. The standard InChI is InChI=1S/C16H25NO3/c1-6-19-16(18)15(17-11(2)3)10-20-14-8-12(4)7-13(5)9-14/h7-9,11,15,17H,6,10H2,1-5H3. The minimum absolute atomic E-state index is 0.187. The maximum Gasteiger partial charge on any atom is 0.326 e. The van der Waals surface area contributed by atoms with Crippen LogP contribution in [0.15, 0.2) is 18.2 Å². The van der Waals surface area contributed by atoms with Crippen molar-refractivity contribution in [2.24, 2.45) is 0 Å². The third kappa shape index (κ3) is 5.61. The van der Waals surface area contributed by atoms with Crippen molar-refractivity contribution < 1.29 is 14.3 Å². The van der Waals surface area contributed by atoms with Gasteiger partial charge < -0.3 is 9.47 Å². The number of nitrogens with one attached hydrogen (secondary N) is 1. The number of benzene rings is 1. The first-order chi connectivity index (χ1) is 9.42. The summed E-state index contributed by atoms with van der Waals surface area (Å²) in [6.07, 6.45) is 0. The highest BCUT2D eigenvalue weighted by atomic mass is 16.5. The maximum atomic E-state index is 11.9. The molecule has 20 heavy (non-hydrogen) atoms. The summed E-state index contributed by atoms with van der Waals surface area (Å²) >= 11 is 0. The Morgan fingerprint density at radius 1 is 1.20 bits per heavy atom. The lowest BCUT2D eigenvalue weighted by Gasteiger charge is -2.20. The Balaban J connectivity index is 2.67. The number of hydrogen-bond acceptors (Lipinski definition) is 4. The molecule has 1 aromatic rings. The second-order valence-corrected chi connectivity index (χ2v) is 5.26. The second kappa shape index (κ2) is 7.90. The first-order valence-corrected chi connectivity index (χ1v) is 7.06. The molecule has 4 heteroatoms. The van der Waals surface area contributed by atoms with E-state index in [4.69, 9.17) is 9.47 Å². The fourth-order valence-electron chi connectivity index (χ4n) is 2.03. The molecule has 1 atom stereocenters. The Morgan fingerprint density at radius 3 is 2.30 bits per heavy atom. The van der Waals surface area contributed by atoms with Crippen LogP contribution in [-0.4, -0.2) is 31.3 Å². The number of aryl methyl sites for hydroxylation is 2. The highest BCUT2D eigenvalue weighted by Crippen LogP contribution is 2.16. The van der Waals surface area contributed by atoms with Crippen molar-refractivity contribution in [3.63, 3.8) is 0 Å². The van der Waals surface area contributed by atoms with Crippen LogP contribution >= 0.6 is 0 Å². The normalized spacial score (nSPS) is 12.3. The van der Waals surface area contributed by atoms with E-state index in [2.05, 4.69) is 11.4 Å². The zero-order chi connectivity index (χ0) is 15.1. The van der Waals surface area contributed by atoms with E-state index in [1.807, 2.05) is 39.8 Å². The monoisotopic (exact) mass is 279 g/mol. The van der Waals surface area contributed by atoms with E-state index in [9.17, 15) is 4.79 Å². The SMILES string of the molecule is CCOC(=O)C(COc1cc(C)cc(C)c1)NC(C)C. The molecule has 0 aromatic heterocycles. The molecular formula is C16H25NO3. The van der Waals surface area contributed by atoms with Crippen molar-refractivity contribution in [3.05, 3.63) is 29.3 Å². The largest absolute Gasteiger partial charge is 0.491 e. The van der Waals surface area contributed by atoms with E-state index in [-0.39, 0.29) is 18.6 Å². The van der Waals surface area contributed by atoms with Crippen LogP contribution in [0.3, 0.4) is 0 Å². The number of esters is 1. The lowest BCUT2D eigenvalue weighted by Crippen LogP contribution is -2.45. The Labute approximate surface area is 121 Å². The molecule has 1 N–H and O–H groups in total. The first kappa shape index (κ1) is 16.5. The average molecular weight is 279 g/mol. The topological polar surface area (TPSA) is 47.6 Å². The Hall–Kier alpha value is -1.55. The lowest BCUT2D eigenvalue weighted by atomic mass is 10.1. The molecule has 4 nitrogen and oxygen atoms in total. The van der Waals surface area contributed by atoms with Crippen LogP contribution in [-0.2, 0) is 9.53 Å². The molecule has 0 fully saturated rings. The molecule has 0 radical (unpaired) electrons. The van der Waals surface area contributed by atoms with Gasteiger partial charge in [-0.1, -0.05) is 19.9 Å². The third-order valence-electron chi connectivity index (χ3n) is 2.72. The van der Waals surface area contributed by atoms with Gasteiger partial charge in [0.15, 0.2) is 0 Å². The quantitative estimate of drug-likeness (QED) is 0.779. The molecular weight excluding hydrogens is 254 g/mol. The van der Waals surface area contributed by atoms with Gasteiger partial charge in [-0.25, -0.2) is 0 Å². The molecule has 1 unspecified atom stereocenters. The number of ether oxygens (including phenoxy) is 2.